The van der Waals surface area contributed by atoms with Gasteiger partial charge in [-0.2, -0.15) is 0 Å². The zero-order valence-electron chi connectivity index (χ0n) is 12.3. The van der Waals surface area contributed by atoms with Gasteiger partial charge in [-0.15, -0.1) is 11.3 Å². The van der Waals surface area contributed by atoms with Gasteiger partial charge in [0.2, 0.25) is 0 Å². The first-order valence-electron chi connectivity index (χ1n) is 6.15. The molecule has 1 aromatic rings. The Kier molecular flexibility index (Phi) is 1.52. The van der Waals surface area contributed by atoms with Crippen molar-refractivity contribution in [3.63, 3.8) is 0 Å². The van der Waals surface area contributed by atoms with Crippen LogP contribution < -0.4 is 0 Å². The van der Waals surface area contributed by atoms with Crippen LogP contribution in [0.5, 0.6) is 0 Å². The van der Waals surface area contributed by atoms with E-state index in [1.165, 1.54) is 5.38 Å². The number of carbonyl (C=O) groups is 1. The number of rotatable bonds is 4. The van der Waals surface area contributed by atoms with Gasteiger partial charge in [-0.1, -0.05) is 0 Å². The predicted octanol–water partition coefficient (Wildman–Crippen LogP) is 1.74. The summed E-state index contributed by atoms with van der Waals surface area (Å²) in [5.41, 5.74) is 0.0228. The monoisotopic (exact) mass is 208 g/mol. The van der Waals surface area contributed by atoms with E-state index in [0.717, 1.165) is 17.4 Å². The Balaban J connectivity index is 2.97. The summed E-state index contributed by atoms with van der Waals surface area (Å²) in [7, 11) is -5.75. The van der Waals surface area contributed by atoms with E-state index in [9.17, 15) is 4.79 Å². The van der Waals surface area contributed by atoms with E-state index >= 15 is 0 Å². The minimum atomic E-state index is -2.87. The van der Waals surface area contributed by atoms with Crippen molar-refractivity contribution in [3.05, 3.63) is 21.9 Å². The number of carboxylic acids is 1. The molecule has 1 rings (SSSR count). The van der Waals surface area contributed by atoms with Gasteiger partial charge in [-0.3, -0.25) is 0 Å². The highest BCUT2D eigenvalue weighted by atomic mass is 32.1. The van der Waals surface area contributed by atoms with E-state index < -0.39 is 26.3 Å². The predicted molar refractivity (Wildman–Crippen MR) is 48.0 cm³/mol. The van der Waals surface area contributed by atoms with Crippen molar-refractivity contribution in [1.82, 2.24) is 0 Å². The Morgan fingerprint density at radius 1 is 1.69 bits per heavy atom. The molecule has 1 heterocycles. The maximum atomic E-state index is 10.7. The molecule has 0 bridgehead atoms. The first-order valence-corrected chi connectivity index (χ1v) is 4.03. The van der Waals surface area contributed by atoms with Crippen LogP contribution in [0.25, 0.3) is 0 Å². The van der Waals surface area contributed by atoms with Crippen molar-refractivity contribution in [1.29, 1.82) is 0 Å². The second-order valence-electron chi connectivity index (χ2n) is 2.12. The van der Waals surface area contributed by atoms with E-state index in [1.54, 1.807) is 0 Å². The van der Waals surface area contributed by atoms with Crippen molar-refractivity contribution in [2.75, 3.05) is 14.1 Å². The summed E-state index contributed by atoms with van der Waals surface area (Å²) >= 11 is 0.811. The smallest absolute Gasteiger partial charge is 0.345 e. The van der Waals surface area contributed by atoms with Crippen molar-refractivity contribution < 1.29 is 27.6 Å². The normalized spacial score (nSPS) is 19.5. The SMILES string of the molecule is [2H]C([2H])([2H])OC(OC([2H])([2H])[2H])c1csc(C(=O)O)c1. The van der Waals surface area contributed by atoms with Gasteiger partial charge in [0.1, 0.15) is 4.88 Å². The quantitative estimate of drug-likeness (QED) is 0.766. The van der Waals surface area contributed by atoms with Gasteiger partial charge in [0.05, 0.1) is 8.22 Å². The van der Waals surface area contributed by atoms with Gasteiger partial charge >= 0.3 is 5.97 Å². The molecule has 5 heteroatoms. The number of thiophene rings is 1. The first-order chi connectivity index (χ1) is 8.48. The highest BCUT2D eigenvalue weighted by Gasteiger charge is 2.13. The van der Waals surface area contributed by atoms with E-state index in [1.807, 2.05) is 0 Å². The highest BCUT2D eigenvalue weighted by molar-refractivity contribution is 7.12. The lowest BCUT2D eigenvalue weighted by atomic mass is 10.3. The second-order valence-corrected chi connectivity index (χ2v) is 3.03. The van der Waals surface area contributed by atoms with E-state index in [-0.39, 0.29) is 10.4 Å². The molecule has 0 aliphatic carbocycles. The van der Waals surface area contributed by atoms with Crippen molar-refractivity contribution >= 4 is 17.3 Å². The third-order valence-corrected chi connectivity index (χ3v) is 2.25. The average Bonchev–Trinajstić information content (AvgIpc) is 2.59. The molecule has 4 nitrogen and oxygen atoms in total. The number of aromatic carboxylic acids is 1. The van der Waals surface area contributed by atoms with Crippen LogP contribution in [0.3, 0.4) is 0 Å². The number of ether oxygens (including phenoxy) is 2. The summed E-state index contributed by atoms with van der Waals surface area (Å²) in [6.07, 6.45) is -1.69. The molecule has 0 saturated carbocycles. The van der Waals surface area contributed by atoms with Crippen LogP contribution in [0.4, 0.5) is 0 Å². The lowest BCUT2D eigenvalue weighted by Crippen LogP contribution is -2.02. The van der Waals surface area contributed by atoms with Crippen LogP contribution >= 0.6 is 11.3 Å². The van der Waals surface area contributed by atoms with Gasteiger partial charge < -0.3 is 14.6 Å². The number of hydrogen-bond acceptors (Lipinski definition) is 4. The van der Waals surface area contributed by atoms with Gasteiger partial charge in [-0.25, -0.2) is 4.79 Å². The van der Waals surface area contributed by atoms with Gasteiger partial charge in [0, 0.05) is 19.6 Å². The maximum Gasteiger partial charge on any atom is 0.345 e. The molecular formula is C8H10O4S. The topological polar surface area (TPSA) is 55.8 Å². The Labute approximate surface area is 88.1 Å². The number of hydrogen-bond donors (Lipinski definition) is 1. The summed E-state index contributed by atoms with van der Waals surface area (Å²) in [6.45, 7) is 0. The van der Waals surface area contributed by atoms with Crippen LogP contribution in [-0.2, 0) is 9.47 Å². The molecule has 13 heavy (non-hydrogen) atoms. The van der Waals surface area contributed by atoms with E-state index in [4.69, 9.17) is 13.3 Å². The molecule has 0 aromatic carbocycles. The molecule has 72 valence electrons. The molecule has 0 atom stereocenters. The zero-order chi connectivity index (χ0) is 14.8. The molecule has 0 radical (unpaired) electrons. The molecule has 0 spiro atoms. The van der Waals surface area contributed by atoms with Crippen LogP contribution in [-0.4, -0.2) is 25.2 Å². The first kappa shape index (κ1) is 4.54. The number of carboxylic acid groups (broad SMARTS) is 1. The molecule has 0 aliphatic rings. The minimum absolute atomic E-state index is 0.0228. The van der Waals surface area contributed by atoms with Gasteiger partial charge in [0.15, 0.2) is 6.29 Å². The zero-order valence-corrected chi connectivity index (χ0v) is 7.13. The summed E-state index contributed by atoms with van der Waals surface area (Å²) in [6, 6.07) is 1.11. The third-order valence-electron chi connectivity index (χ3n) is 1.32. The molecule has 0 fully saturated rings. The summed E-state index contributed by atoms with van der Waals surface area (Å²) in [5, 5.41) is 10.0. The van der Waals surface area contributed by atoms with Crippen LogP contribution in [0.1, 0.15) is 29.7 Å². The fraction of sp³-hybridized carbons (Fsp3) is 0.375. The van der Waals surface area contributed by atoms with Crippen LogP contribution in [0, 0.1) is 0 Å². The lowest BCUT2D eigenvalue weighted by Gasteiger charge is -2.10. The molecular weight excluding hydrogens is 192 g/mol. The fourth-order valence-corrected chi connectivity index (χ4v) is 1.49. The van der Waals surface area contributed by atoms with Crippen molar-refractivity contribution in [2.24, 2.45) is 0 Å². The fourth-order valence-electron chi connectivity index (χ4n) is 0.747. The third kappa shape index (κ3) is 2.27. The Morgan fingerprint density at radius 3 is 2.85 bits per heavy atom. The lowest BCUT2D eigenvalue weighted by molar-refractivity contribution is -0.105. The van der Waals surface area contributed by atoms with Crippen LogP contribution in [0.2, 0.25) is 0 Å². The number of methoxy groups -OCH3 is 2. The summed E-state index contributed by atoms with van der Waals surface area (Å²) in [4.78, 5) is 10.6. The average molecular weight is 208 g/mol. The molecule has 1 aromatic heterocycles. The molecule has 0 saturated heterocycles. The maximum absolute atomic E-state index is 10.7. The van der Waals surface area contributed by atoms with Crippen LogP contribution in [0.15, 0.2) is 11.4 Å². The molecule has 1 N–H and O–H groups in total. The van der Waals surface area contributed by atoms with E-state index in [0.29, 0.717) is 0 Å². The van der Waals surface area contributed by atoms with Gasteiger partial charge in [0.25, 0.3) is 0 Å². The van der Waals surface area contributed by atoms with Gasteiger partial charge in [-0.05, 0) is 11.4 Å². The highest BCUT2D eigenvalue weighted by Crippen LogP contribution is 2.23. The summed E-state index contributed by atoms with van der Waals surface area (Å²) < 4.78 is 50.7. The van der Waals surface area contributed by atoms with Crippen molar-refractivity contribution in [2.45, 2.75) is 6.29 Å². The molecule has 0 amide bonds. The summed E-state index contributed by atoms with van der Waals surface area (Å²) in [5.74, 6) is -1.21. The molecule has 0 aliphatic heterocycles. The Hall–Kier alpha value is -0.910. The minimum Gasteiger partial charge on any atom is -0.477 e. The molecule has 0 unspecified atom stereocenters. The van der Waals surface area contributed by atoms with E-state index in [2.05, 4.69) is 9.47 Å². The largest absolute Gasteiger partial charge is 0.477 e. The Bertz CT molecular complexity index is 435. The van der Waals surface area contributed by atoms with Crippen molar-refractivity contribution in [3.8, 4) is 0 Å². The standard InChI is InChI=1S/C8H10O4S/c1-11-8(12-2)5-3-6(7(9)10)13-4-5/h3-4,8H,1-2H3,(H,9,10)/i1D3,2D3. The second kappa shape index (κ2) is 4.36. The Morgan fingerprint density at radius 2 is 2.38 bits per heavy atom.